The summed E-state index contributed by atoms with van der Waals surface area (Å²) in [5.41, 5.74) is 1.16. The second-order valence-electron chi connectivity index (χ2n) is 9.55. The summed E-state index contributed by atoms with van der Waals surface area (Å²) >= 11 is 0. The third-order valence-corrected chi connectivity index (χ3v) is 7.14. The van der Waals surface area contributed by atoms with Crippen LogP contribution in [0.2, 0.25) is 0 Å². The van der Waals surface area contributed by atoms with Crippen molar-refractivity contribution in [3.63, 3.8) is 0 Å². The van der Waals surface area contributed by atoms with E-state index in [0.717, 1.165) is 21.5 Å². The molecule has 0 N–H and O–H groups in total. The predicted octanol–water partition coefficient (Wildman–Crippen LogP) is 6.41. The smallest absolute Gasteiger partial charge is 0.340 e. The van der Waals surface area contributed by atoms with Crippen molar-refractivity contribution in [3.05, 3.63) is 107 Å². The zero-order chi connectivity index (χ0) is 26.9. The monoisotopic (exact) mass is 516 g/mol. The standard InChI is InChI=1S/C32H20O7/c1-17(33)36-21-11-12-23-20(15-21)8-13-27-30(23)38-28-14-9-19-7-10-22(37-18(2)34)16-25(19)29(28)32(27)26-6-4-3-5-24(26)31(35)39-32/h3-16H,1-2H3. The minimum Gasteiger partial charge on any atom is -0.456 e. The van der Waals surface area contributed by atoms with Gasteiger partial charge in [0.25, 0.3) is 0 Å². The third-order valence-electron chi connectivity index (χ3n) is 7.14. The fraction of sp³-hybridized carbons (Fsp3) is 0.0938. The molecule has 0 radical (unpaired) electrons. The molecule has 0 amide bonds. The summed E-state index contributed by atoms with van der Waals surface area (Å²) in [6.45, 7) is 2.70. The first-order chi connectivity index (χ1) is 18.8. The lowest BCUT2D eigenvalue weighted by molar-refractivity contribution is -0.132. The van der Waals surface area contributed by atoms with Gasteiger partial charge in [-0.15, -0.1) is 0 Å². The largest absolute Gasteiger partial charge is 0.456 e. The molecular weight excluding hydrogens is 496 g/mol. The summed E-state index contributed by atoms with van der Waals surface area (Å²) in [7, 11) is 0. The van der Waals surface area contributed by atoms with Gasteiger partial charge in [0.05, 0.1) is 11.1 Å². The molecule has 0 saturated heterocycles. The van der Waals surface area contributed by atoms with Gasteiger partial charge in [0.15, 0.2) is 5.60 Å². The summed E-state index contributed by atoms with van der Waals surface area (Å²) in [6.07, 6.45) is 0. The number of ether oxygens (including phenoxy) is 4. The molecule has 7 heteroatoms. The molecule has 5 aromatic rings. The van der Waals surface area contributed by atoms with Crippen molar-refractivity contribution in [2.45, 2.75) is 19.4 Å². The van der Waals surface area contributed by atoms with Crippen LogP contribution in [-0.2, 0) is 19.9 Å². The van der Waals surface area contributed by atoms with Crippen LogP contribution in [0.5, 0.6) is 23.0 Å². The van der Waals surface area contributed by atoms with Crippen LogP contribution in [0.3, 0.4) is 0 Å². The molecule has 0 fully saturated rings. The molecular formula is C32H20O7. The molecule has 2 heterocycles. The molecule has 0 aliphatic carbocycles. The predicted molar refractivity (Wildman–Crippen MR) is 142 cm³/mol. The van der Waals surface area contributed by atoms with E-state index in [4.69, 9.17) is 18.9 Å². The molecule has 7 nitrogen and oxygen atoms in total. The lowest BCUT2D eigenvalue weighted by Gasteiger charge is -2.38. The van der Waals surface area contributed by atoms with Gasteiger partial charge in [-0.3, -0.25) is 9.59 Å². The molecule has 1 unspecified atom stereocenters. The topological polar surface area (TPSA) is 88.1 Å². The molecule has 0 bridgehead atoms. The maximum Gasteiger partial charge on any atom is 0.340 e. The summed E-state index contributed by atoms with van der Waals surface area (Å²) in [4.78, 5) is 36.6. The van der Waals surface area contributed by atoms with E-state index in [2.05, 4.69) is 0 Å². The molecule has 2 aliphatic rings. The summed E-state index contributed by atoms with van der Waals surface area (Å²) in [6, 6.07) is 25.5. The van der Waals surface area contributed by atoms with Gasteiger partial charge in [-0.1, -0.05) is 36.4 Å². The van der Waals surface area contributed by atoms with E-state index in [1.807, 2.05) is 48.5 Å². The van der Waals surface area contributed by atoms with Crippen LogP contribution in [0.1, 0.15) is 40.9 Å². The molecule has 7 rings (SSSR count). The van der Waals surface area contributed by atoms with Crippen molar-refractivity contribution in [1.82, 2.24) is 0 Å². The fourth-order valence-corrected chi connectivity index (χ4v) is 5.70. The van der Waals surface area contributed by atoms with Crippen molar-refractivity contribution >= 4 is 39.5 Å². The van der Waals surface area contributed by atoms with Gasteiger partial charge < -0.3 is 18.9 Å². The number of rotatable bonds is 2. The van der Waals surface area contributed by atoms with Crippen LogP contribution in [0.4, 0.5) is 0 Å². The van der Waals surface area contributed by atoms with E-state index in [1.54, 1.807) is 36.4 Å². The Morgan fingerprint density at radius 3 is 2.21 bits per heavy atom. The summed E-state index contributed by atoms with van der Waals surface area (Å²) < 4.78 is 23.6. The number of carbonyl (C=O) groups excluding carboxylic acids is 3. The average molecular weight is 517 g/mol. The average Bonchev–Trinajstić information content (AvgIpc) is 3.20. The molecule has 0 aromatic heterocycles. The molecule has 1 spiro atoms. The number of benzene rings is 5. The van der Waals surface area contributed by atoms with Crippen molar-refractivity contribution in [2.75, 3.05) is 0 Å². The normalized spacial score (nSPS) is 16.7. The molecule has 39 heavy (non-hydrogen) atoms. The van der Waals surface area contributed by atoms with Gasteiger partial charge in [-0.05, 0) is 64.7 Å². The Morgan fingerprint density at radius 2 is 1.41 bits per heavy atom. The van der Waals surface area contributed by atoms with Gasteiger partial charge in [0.1, 0.15) is 23.0 Å². The van der Waals surface area contributed by atoms with Gasteiger partial charge in [0.2, 0.25) is 0 Å². The molecule has 190 valence electrons. The molecule has 0 saturated carbocycles. The lowest BCUT2D eigenvalue weighted by atomic mass is 9.75. The Labute approximate surface area is 222 Å². The van der Waals surface area contributed by atoms with Crippen molar-refractivity contribution in [2.24, 2.45) is 0 Å². The molecule has 5 aromatic carbocycles. The first kappa shape index (κ1) is 23.0. The number of carbonyl (C=O) groups is 3. The Morgan fingerprint density at radius 1 is 0.718 bits per heavy atom. The highest BCUT2D eigenvalue weighted by Gasteiger charge is 2.54. The van der Waals surface area contributed by atoms with Gasteiger partial charge >= 0.3 is 17.9 Å². The Balaban J connectivity index is 1.56. The molecule has 2 aliphatic heterocycles. The second-order valence-corrected chi connectivity index (χ2v) is 9.55. The van der Waals surface area contributed by atoms with Crippen LogP contribution >= 0.6 is 0 Å². The SMILES string of the molecule is CC(=O)Oc1ccc2c3c(ccc2c1)C1(OC(=O)c2ccccc21)c1c(ccc2ccc(OC(C)=O)cc12)O3. The summed E-state index contributed by atoms with van der Waals surface area (Å²) in [5.74, 6) is 0.549. The Bertz CT molecular complexity index is 1900. The zero-order valence-electron chi connectivity index (χ0n) is 20.9. The van der Waals surface area contributed by atoms with Crippen molar-refractivity contribution in [3.8, 4) is 23.0 Å². The van der Waals surface area contributed by atoms with Crippen LogP contribution in [-0.4, -0.2) is 17.9 Å². The van der Waals surface area contributed by atoms with Crippen molar-refractivity contribution in [1.29, 1.82) is 0 Å². The second kappa shape index (κ2) is 8.16. The first-order valence-electron chi connectivity index (χ1n) is 12.4. The van der Waals surface area contributed by atoms with E-state index in [0.29, 0.717) is 45.3 Å². The quantitative estimate of drug-likeness (QED) is 0.198. The van der Waals surface area contributed by atoms with E-state index in [9.17, 15) is 14.4 Å². The van der Waals surface area contributed by atoms with Gasteiger partial charge in [0, 0.05) is 30.4 Å². The highest BCUT2D eigenvalue weighted by atomic mass is 16.6. The molecule has 1 atom stereocenters. The van der Waals surface area contributed by atoms with Crippen LogP contribution in [0.25, 0.3) is 21.5 Å². The van der Waals surface area contributed by atoms with Crippen LogP contribution in [0, 0.1) is 0 Å². The van der Waals surface area contributed by atoms with E-state index in [1.165, 1.54) is 13.8 Å². The van der Waals surface area contributed by atoms with Gasteiger partial charge in [-0.2, -0.15) is 0 Å². The van der Waals surface area contributed by atoms with Gasteiger partial charge in [-0.25, -0.2) is 4.79 Å². The number of hydrogen-bond donors (Lipinski definition) is 0. The summed E-state index contributed by atoms with van der Waals surface area (Å²) in [5, 5.41) is 3.15. The first-order valence-corrected chi connectivity index (χ1v) is 12.4. The Hall–Kier alpha value is -5.17. The van der Waals surface area contributed by atoms with Crippen LogP contribution in [0.15, 0.2) is 84.9 Å². The number of esters is 3. The number of hydrogen-bond acceptors (Lipinski definition) is 7. The maximum atomic E-state index is 13.3. The Kier molecular flexibility index (Phi) is 4.81. The highest BCUT2D eigenvalue weighted by molar-refractivity contribution is 6.02. The maximum absolute atomic E-state index is 13.3. The highest BCUT2D eigenvalue weighted by Crippen LogP contribution is 2.59. The van der Waals surface area contributed by atoms with Crippen LogP contribution < -0.4 is 14.2 Å². The van der Waals surface area contributed by atoms with E-state index < -0.39 is 23.5 Å². The van der Waals surface area contributed by atoms with Crippen molar-refractivity contribution < 1.29 is 33.3 Å². The zero-order valence-corrected chi connectivity index (χ0v) is 20.9. The number of fused-ring (bicyclic) bond motifs is 10. The lowest BCUT2D eigenvalue weighted by Crippen LogP contribution is -2.33. The van der Waals surface area contributed by atoms with E-state index in [-0.39, 0.29) is 0 Å². The minimum absolute atomic E-state index is 0.374. The minimum atomic E-state index is -1.31. The fourth-order valence-electron chi connectivity index (χ4n) is 5.70. The third kappa shape index (κ3) is 3.33. The van der Waals surface area contributed by atoms with E-state index >= 15 is 0 Å².